The second-order valence-electron chi connectivity index (χ2n) is 2.47. The van der Waals surface area contributed by atoms with Gasteiger partial charge >= 0.3 is 5.97 Å². The Bertz CT molecular complexity index is 264. The summed E-state index contributed by atoms with van der Waals surface area (Å²) in [5.41, 5.74) is 0.771. The molecule has 1 atom stereocenters. The second-order valence-corrected chi connectivity index (χ2v) is 2.47. The van der Waals surface area contributed by atoms with Crippen molar-refractivity contribution in [1.82, 2.24) is 5.32 Å². The van der Waals surface area contributed by atoms with Crippen molar-refractivity contribution in [2.24, 2.45) is 0 Å². The number of carboxylic acids is 1. The van der Waals surface area contributed by atoms with Gasteiger partial charge in [0.15, 0.2) is 0 Å². The predicted octanol–water partition coefficient (Wildman–Crippen LogP) is 1.45. The molecule has 1 aromatic rings. The van der Waals surface area contributed by atoms with Crippen LogP contribution in [0.5, 0.6) is 0 Å². The Balaban J connectivity index is 0.00000144. The normalized spacial score (nSPS) is 11.5. The first-order chi connectivity index (χ1) is 5.75. The number of likely N-dealkylation sites (N-methyl/N-ethyl adjacent to an activating group) is 1. The van der Waals surface area contributed by atoms with Crippen LogP contribution in [0.1, 0.15) is 11.6 Å². The van der Waals surface area contributed by atoms with E-state index in [0.29, 0.717) is 0 Å². The molecule has 1 aromatic carbocycles. The Morgan fingerprint density at radius 1 is 1.38 bits per heavy atom. The zero-order chi connectivity index (χ0) is 8.97. The van der Waals surface area contributed by atoms with Crippen molar-refractivity contribution < 1.29 is 9.90 Å². The summed E-state index contributed by atoms with van der Waals surface area (Å²) in [7, 11) is 1.63. The van der Waals surface area contributed by atoms with Gasteiger partial charge in [0.05, 0.1) is 0 Å². The number of nitrogens with one attached hydrogen (secondary N) is 1. The summed E-state index contributed by atoms with van der Waals surface area (Å²) in [6.07, 6.45) is 0. The van der Waals surface area contributed by atoms with Gasteiger partial charge in [-0.2, -0.15) is 0 Å². The van der Waals surface area contributed by atoms with E-state index in [1.165, 1.54) is 0 Å². The maximum atomic E-state index is 10.7. The molecule has 72 valence electrons. The molecular formula is C9H12ClNO2. The van der Waals surface area contributed by atoms with Gasteiger partial charge in [0, 0.05) is 0 Å². The highest BCUT2D eigenvalue weighted by atomic mass is 35.5. The molecule has 0 amide bonds. The van der Waals surface area contributed by atoms with Crippen molar-refractivity contribution in [1.29, 1.82) is 0 Å². The third-order valence-electron chi connectivity index (χ3n) is 1.67. The second kappa shape index (κ2) is 5.56. The standard InChI is InChI=1S/C9H11NO2.ClH/c1-10-8(9(11)12)7-5-3-2-4-6-7;/h2-6,8,10H,1H3,(H,11,12);1H/t8-;/m0./s1. The number of hydrogen-bond acceptors (Lipinski definition) is 2. The first kappa shape index (κ1) is 11.9. The van der Waals surface area contributed by atoms with Gasteiger partial charge in [0.2, 0.25) is 0 Å². The van der Waals surface area contributed by atoms with Crippen molar-refractivity contribution in [2.45, 2.75) is 6.04 Å². The highest BCUT2D eigenvalue weighted by molar-refractivity contribution is 5.85. The SMILES string of the molecule is CN[C@H](C(=O)O)c1ccccc1.Cl. The van der Waals surface area contributed by atoms with Crippen LogP contribution in [0, 0.1) is 0 Å². The molecule has 0 fully saturated rings. The number of carbonyl (C=O) groups is 1. The molecule has 0 unspecified atom stereocenters. The maximum absolute atomic E-state index is 10.7. The van der Waals surface area contributed by atoms with Crippen LogP contribution < -0.4 is 5.32 Å². The van der Waals surface area contributed by atoms with Gasteiger partial charge < -0.3 is 10.4 Å². The highest BCUT2D eigenvalue weighted by Crippen LogP contribution is 2.11. The third kappa shape index (κ3) is 3.05. The smallest absolute Gasteiger partial charge is 0.325 e. The molecule has 0 aliphatic carbocycles. The Hall–Kier alpha value is -1.06. The fourth-order valence-corrected chi connectivity index (χ4v) is 1.08. The molecule has 1 rings (SSSR count). The lowest BCUT2D eigenvalue weighted by molar-refractivity contribution is -0.139. The van der Waals surface area contributed by atoms with Crippen LogP contribution in [0.2, 0.25) is 0 Å². The van der Waals surface area contributed by atoms with E-state index in [-0.39, 0.29) is 12.4 Å². The van der Waals surface area contributed by atoms with Gasteiger partial charge in [-0.25, -0.2) is 0 Å². The minimum atomic E-state index is -0.858. The summed E-state index contributed by atoms with van der Waals surface area (Å²) >= 11 is 0. The molecule has 4 heteroatoms. The molecule has 3 nitrogen and oxygen atoms in total. The Morgan fingerprint density at radius 3 is 2.31 bits per heavy atom. The van der Waals surface area contributed by atoms with Crippen LogP contribution in [0.25, 0.3) is 0 Å². The molecule has 0 aliphatic rings. The minimum absolute atomic E-state index is 0. The van der Waals surface area contributed by atoms with E-state index in [2.05, 4.69) is 5.32 Å². The van der Waals surface area contributed by atoms with E-state index in [1.807, 2.05) is 18.2 Å². The first-order valence-electron chi connectivity index (χ1n) is 3.70. The topological polar surface area (TPSA) is 49.3 Å². The van der Waals surface area contributed by atoms with Crippen LogP contribution in [0.3, 0.4) is 0 Å². The van der Waals surface area contributed by atoms with E-state index in [1.54, 1.807) is 19.2 Å². The van der Waals surface area contributed by atoms with Crippen molar-refractivity contribution in [3.05, 3.63) is 35.9 Å². The van der Waals surface area contributed by atoms with Gasteiger partial charge in [-0.15, -0.1) is 12.4 Å². The molecule has 0 aliphatic heterocycles. The molecule has 0 saturated carbocycles. The summed E-state index contributed by atoms with van der Waals surface area (Å²) in [6, 6.07) is 8.47. The quantitative estimate of drug-likeness (QED) is 0.779. The molecule has 13 heavy (non-hydrogen) atoms. The van der Waals surface area contributed by atoms with Gasteiger partial charge in [-0.05, 0) is 12.6 Å². The van der Waals surface area contributed by atoms with E-state index in [9.17, 15) is 4.79 Å². The predicted molar refractivity (Wildman–Crippen MR) is 53.1 cm³/mol. The molecule has 0 spiro atoms. The zero-order valence-electron chi connectivity index (χ0n) is 7.23. The van der Waals surface area contributed by atoms with Crippen molar-refractivity contribution in [3.8, 4) is 0 Å². The van der Waals surface area contributed by atoms with Crippen molar-refractivity contribution in [3.63, 3.8) is 0 Å². The van der Waals surface area contributed by atoms with Gasteiger partial charge in [0.1, 0.15) is 6.04 Å². The Kier molecular flexibility index (Phi) is 5.11. The van der Waals surface area contributed by atoms with Gasteiger partial charge in [-0.3, -0.25) is 4.79 Å². The lowest BCUT2D eigenvalue weighted by Crippen LogP contribution is -2.24. The first-order valence-corrected chi connectivity index (χ1v) is 3.70. The number of halogens is 1. The van der Waals surface area contributed by atoms with Crippen LogP contribution in [-0.4, -0.2) is 18.1 Å². The number of benzene rings is 1. The van der Waals surface area contributed by atoms with Gasteiger partial charge in [-0.1, -0.05) is 30.3 Å². The van der Waals surface area contributed by atoms with Crippen LogP contribution >= 0.6 is 12.4 Å². The summed E-state index contributed by atoms with van der Waals surface area (Å²) in [6.45, 7) is 0. The maximum Gasteiger partial charge on any atom is 0.325 e. The Labute approximate surface area is 83.2 Å². The van der Waals surface area contributed by atoms with Crippen LogP contribution in [0.4, 0.5) is 0 Å². The van der Waals surface area contributed by atoms with Crippen LogP contribution in [0.15, 0.2) is 30.3 Å². The van der Waals surface area contributed by atoms with E-state index in [0.717, 1.165) is 5.56 Å². The van der Waals surface area contributed by atoms with Crippen molar-refractivity contribution >= 4 is 18.4 Å². The monoisotopic (exact) mass is 201 g/mol. The molecule has 0 bridgehead atoms. The van der Waals surface area contributed by atoms with Gasteiger partial charge in [0.25, 0.3) is 0 Å². The molecule has 2 N–H and O–H groups in total. The highest BCUT2D eigenvalue weighted by Gasteiger charge is 2.15. The average Bonchev–Trinajstić information content (AvgIpc) is 2.07. The Morgan fingerprint density at radius 2 is 1.92 bits per heavy atom. The summed E-state index contributed by atoms with van der Waals surface area (Å²) < 4.78 is 0. The number of rotatable bonds is 3. The fourth-order valence-electron chi connectivity index (χ4n) is 1.08. The summed E-state index contributed by atoms with van der Waals surface area (Å²) in [5, 5.41) is 11.5. The summed E-state index contributed by atoms with van der Waals surface area (Å²) in [4.78, 5) is 10.7. The molecule has 0 heterocycles. The lowest BCUT2D eigenvalue weighted by atomic mass is 10.1. The van der Waals surface area contributed by atoms with E-state index in [4.69, 9.17) is 5.11 Å². The minimum Gasteiger partial charge on any atom is -0.480 e. The van der Waals surface area contributed by atoms with Crippen molar-refractivity contribution in [2.75, 3.05) is 7.05 Å². The molecule has 0 saturated heterocycles. The lowest BCUT2D eigenvalue weighted by Gasteiger charge is -2.10. The number of aliphatic carboxylic acids is 1. The van der Waals surface area contributed by atoms with E-state index < -0.39 is 12.0 Å². The van der Waals surface area contributed by atoms with Crippen LogP contribution in [-0.2, 0) is 4.79 Å². The number of hydrogen-bond donors (Lipinski definition) is 2. The molecular weight excluding hydrogens is 190 g/mol. The van der Waals surface area contributed by atoms with E-state index >= 15 is 0 Å². The fraction of sp³-hybridized carbons (Fsp3) is 0.222. The zero-order valence-corrected chi connectivity index (χ0v) is 8.04. The molecule has 0 radical (unpaired) electrons. The third-order valence-corrected chi connectivity index (χ3v) is 1.67. The largest absolute Gasteiger partial charge is 0.480 e. The average molecular weight is 202 g/mol. The number of carboxylic acid groups (broad SMARTS) is 1. The summed E-state index contributed by atoms with van der Waals surface area (Å²) in [5.74, 6) is -0.858. The molecule has 0 aromatic heterocycles.